The van der Waals surface area contributed by atoms with Gasteiger partial charge in [-0.05, 0) is 56.2 Å². The number of anilines is 2. The van der Waals surface area contributed by atoms with Crippen LogP contribution in [0, 0.1) is 5.41 Å². The number of rotatable bonds is 6. The Hall–Kier alpha value is -2.76. The van der Waals surface area contributed by atoms with Crippen molar-refractivity contribution in [2.75, 3.05) is 29.1 Å². The van der Waals surface area contributed by atoms with Crippen molar-refractivity contribution in [3.8, 4) is 0 Å². The third-order valence-corrected chi connectivity index (χ3v) is 8.48. The summed E-state index contributed by atoms with van der Waals surface area (Å²) in [6, 6.07) is 5.64. The zero-order chi connectivity index (χ0) is 27.2. The summed E-state index contributed by atoms with van der Waals surface area (Å²) in [5, 5.41) is 1.13. The number of fused-ring (bicyclic) bond motifs is 4. The quantitative estimate of drug-likeness (QED) is 0.251. The minimum Gasteiger partial charge on any atom is -0.400 e. The number of para-hydroxylation sites is 1. The van der Waals surface area contributed by atoms with Crippen LogP contribution < -0.4 is 15.4 Å². The monoisotopic (exact) mass is 552 g/mol. The number of nitrogens with zero attached hydrogens (tertiary/aromatic N) is 6. The van der Waals surface area contributed by atoms with Crippen molar-refractivity contribution in [3.05, 3.63) is 46.6 Å². The molecule has 1 amide bonds. The summed E-state index contributed by atoms with van der Waals surface area (Å²) < 4.78 is 7.93. The molecule has 0 radical (unpaired) electrons. The van der Waals surface area contributed by atoms with Gasteiger partial charge in [0.05, 0.1) is 11.1 Å². The summed E-state index contributed by atoms with van der Waals surface area (Å²) in [5.74, 6) is 0.537. The Morgan fingerprint density at radius 1 is 1.21 bits per heavy atom. The highest BCUT2D eigenvalue weighted by molar-refractivity contribution is 7.98. The lowest BCUT2D eigenvalue weighted by atomic mass is 9.91. The predicted molar refractivity (Wildman–Crippen MR) is 155 cm³/mol. The molecule has 202 valence electrons. The van der Waals surface area contributed by atoms with Crippen molar-refractivity contribution in [3.63, 3.8) is 0 Å². The number of aromatic nitrogens is 4. The first-order valence-corrected chi connectivity index (χ1v) is 17.2. The summed E-state index contributed by atoms with van der Waals surface area (Å²) in [6.45, 7) is 12.0. The van der Waals surface area contributed by atoms with Crippen LogP contribution in [0.15, 0.2) is 40.7 Å². The zero-order valence-corrected chi connectivity index (χ0v) is 24.9. The second-order valence-corrected chi connectivity index (χ2v) is 14.7. The largest absolute Gasteiger partial charge is 0.400 e. The molecule has 5 rings (SSSR count). The van der Waals surface area contributed by atoms with Gasteiger partial charge in [-0.3, -0.25) is 14.2 Å². The van der Waals surface area contributed by atoms with E-state index in [1.165, 1.54) is 11.8 Å². The third kappa shape index (κ3) is 5.11. The Labute approximate surface area is 229 Å². The molecule has 9 nitrogen and oxygen atoms in total. The molecule has 3 aromatic rings. The van der Waals surface area contributed by atoms with Crippen molar-refractivity contribution < 1.29 is 9.22 Å². The maximum Gasteiger partial charge on any atom is 0.263 e. The molecule has 4 heterocycles. The van der Waals surface area contributed by atoms with E-state index in [0.29, 0.717) is 46.1 Å². The maximum atomic E-state index is 13.9. The number of thioether (sulfide) groups is 1. The first-order valence-electron chi connectivity index (χ1n) is 13.2. The molecule has 1 saturated heterocycles. The first kappa shape index (κ1) is 26.8. The molecule has 1 aromatic carbocycles. The van der Waals surface area contributed by atoms with Gasteiger partial charge in [0.15, 0.2) is 14.2 Å². The molecule has 2 atom stereocenters. The van der Waals surface area contributed by atoms with Crippen LogP contribution >= 0.6 is 11.8 Å². The first-order chi connectivity index (χ1) is 18.1. The number of carbonyl (C=O) groups is 1. The van der Waals surface area contributed by atoms with Crippen LogP contribution in [0.3, 0.4) is 0 Å². The minimum absolute atomic E-state index is 0.0264. The van der Waals surface area contributed by atoms with E-state index in [9.17, 15) is 9.59 Å². The molecular formula is C27H36N6O3SSi. The number of hydrogen-bond acceptors (Lipinski definition) is 8. The lowest BCUT2D eigenvalue weighted by Gasteiger charge is -2.29. The highest BCUT2D eigenvalue weighted by Crippen LogP contribution is 2.36. The van der Waals surface area contributed by atoms with Crippen LogP contribution in [0.4, 0.5) is 11.5 Å². The predicted octanol–water partition coefficient (Wildman–Crippen LogP) is 4.47. The molecule has 2 aliphatic heterocycles. The van der Waals surface area contributed by atoms with Gasteiger partial charge < -0.3 is 14.2 Å². The van der Waals surface area contributed by atoms with E-state index in [1.54, 1.807) is 28.1 Å². The molecule has 1 fully saturated rings. The van der Waals surface area contributed by atoms with Crippen LogP contribution in [0.5, 0.6) is 0 Å². The van der Waals surface area contributed by atoms with Gasteiger partial charge in [-0.25, -0.2) is 15.0 Å². The zero-order valence-electron chi connectivity index (χ0n) is 23.0. The Morgan fingerprint density at radius 3 is 2.71 bits per heavy atom. The fraction of sp³-hybridized carbons (Fsp3) is 0.519. The Morgan fingerprint density at radius 2 is 2.00 bits per heavy atom. The van der Waals surface area contributed by atoms with Crippen LogP contribution in [0.1, 0.15) is 56.6 Å². The van der Waals surface area contributed by atoms with Crippen molar-refractivity contribution in [1.29, 1.82) is 0 Å². The van der Waals surface area contributed by atoms with E-state index in [2.05, 4.69) is 43.7 Å². The lowest BCUT2D eigenvalue weighted by molar-refractivity contribution is 0.0792. The highest BCUT2D eigenvalue weighted by Gasteiger charge is 2.38. The number of benzene rings is 1. The molecule has 2 aliphatic rings. The smallest absolute Gasteiger partial charge is 0.263 e. The molecule has 0 aliphatic carbocycles. The standard InChI is InChI=1S/C27H36N6O3SSi/c1-27(2,3)13-21(36-38(5)6)33-16-29-22-18(24(33)34)10-7-11-20(22)32-15-17-9-8-12-31(17)23-19(25(32)35)14-28-26(30-23)37-4/h7,10-11,14,16-17,21,38H,8-9,12-13,15H2,1-6H3/t17-,21?/m0/s1. The summed E-state index contributed by atoms with van der Waals surface area (Å²) in [4.78, 5) is 45.6. The van der Waals surface area contributed by atoms with Crippen LogP contribution in [0.2, 0.25) is 13.1 Å². The molecule has 0 spiro atoms. The third-order valence-electron chi connectivity index (χ3n) is 7.06. The van der Waals surface area contributed by atoms with Crippen molar-refractivity contribution in [2.45, 2.75) is 70.6 Å². The van der Waals surface area contributed by atoms with E-state index in [0.717, 1.165) is 19.4 Å². The molecule has 0 N–H and O–H groups in total. The van der Waals surface area contributed by atoms with Gasteiger partial charge in [0, 0.05) is 25.3 Å². The summed E-state index contributed by atoms with van der Waals surface area (Å²) in [7, 11) is -1.42. The van der Waals surface area contributed by atoms with Gasteiger partial charge >= 0.3 is 0 Å². The van der Waals surface area contributed by atoms with E-state index in [1.807, 2.05) is 18.4 Å². The van der Waals surface area contributed by atoms with Crippen molar-refractivity contribution in [2.24, 2.45) is 5.41 Å². The average molecular weight is 553 g/mol. The van der Waals surface area contributed by atoms with Crippen LogP contribution in [-0.4, -0.2) is 59.9 Å². The number of amides is 1. The van der Waals surface area contributed by atoms with Gasteiger partial charge in [0.25, 0.3) is 11.5 Å². The van der Waals surface area contributed by atoms with Crippen LogP contribution in [-0.2, 0) is 4.43 Å². The van der Waals surface area contributed by atoms with Crippen molar-refractivity contribution >= 4 is 49.1 Å². The second kappa shape index (κ2) is 10.4. The molecule has 11 heteroatoms. The van der Waals surface area contributed by atoms with Gasteiger partial charge in [0.1, 0.15) is 29.5 Å². The molecular weight excluding hydrogens is 516 g/mol. The van der Waals surface area contributed by atoms with E-state index < -0.39 is 9.04 Å². The van der Waals surface area contributed by atoms with Gasteiger partial charge in [0.2, 0.25) is 0 Å². The van der Waals surface area contributed by atoms with E-state index in [4.69, 9.17) is 14.4 Å². The molecule has 1 unspecified atom stereocenters. The Bertz CT molecular complexity index is 1420. The SMILES string of the molecule is CSc1ncc2c(n1)N1CCC[C@H]1CN(c1cccc3c(=O)n(C(CC(C)(C)C)O[SiH](C)C)cnc13)C2=O. The van der Waals surface area contributed by atoms with Gasteiger partial charge in [-0.2, -0.15) is 0 Å². The summed E-state index contributed by atoms with van der Waals surface area (Å²) in [5.41, 5.74) is 1.46. The van der Waals surface area contributed by atoms with Gasteiger partial charge in [-0.15, -0.1) is 0 Å². The van der Waals surface area contributed by atoms with Crippen molar-refractivity contribution in [1.82, 2.24) is 19.5 Å². The normalized spacial score (nSPS) is 18.6. The molecule has 0 saturated carbocycles. The fourth-order valence-corrected chi connectivity index (χ4v) is 6.59. The Kier molecular flexibility index (Phi) is 7.36. The second-order valence-electron chi connectivity index (χ2n) is 11.5. The van der Waals surface area contributed by atoms with Crippen LogP contribution in [0.25, 0.3) is 10.9 Å². The molecule has 0 bridgehead atoms. The summed E-state index contributed by atoms with van der Waals surface area (Å²) >= 11 is 1.47. The highest BCUT2D eigenvalue weighted by atomic mass is 32.2. The van der Waals surface area contributed by atoms with Gasteiger partial charge in [-0.1, -0.05) is 38.6 Å². The summed E-state index contributed by atoms with van der Waals surface area (Å²) in [6.07, 6.45) is 7.49. The molecule has 2 aromatic heterocycles. The number of carbonyl (C=O) groups excluding carboxylic acids is 1. The number of hydrogen-bond donors (Lipinski definition) is 0. The fourth-order valence-electron chi connectivity index (χ4n) is 5.40. The lowest BCUT2D eigenvalue weighted by Crippen LogP contribution is -2.40. The van der Waals surface area contributed by atoms with E-state index >= 15 is 0 Å². The Balaban J connectivity index is 1.61. The minimum atomic E-state index is -1.42. The average Bonchev–Trinajstić information content (AvgIpc) is 3.29. The van der Waals surface area contributed by atoms with E-state index in [-0.39, 0.29) is 29.2 Å². The molecule has 38 heavy (non-hydrogen) atoms. The maximum absolute atomic E-state index is 13.9. The topological polar surface area (TPSA) is 93.5 Å².